The predicted octanol–water partition coefficient (Wildman–Crippen LogP) is 3.83. The maximum atomic E-state index is 12.9. The monoisotopic (exact) mass is 476 g/mol. The molecule has 0 aliphatic heterocycles. The summed E-state index contributed by atoms with van der Waals surface area (Å²) in [6, 6.07) is 12.3. The van der Waals surface area contributed by atoms with E-state index in [1.165, 1.54) is 35.3 Å². The fraction of sp³-hybridized carbons (Fsp3) is 0.364. The molecule has 0 fully saturated rings. The van der Waals surface area contributed by atoms with Gasteiger partial charge in [-0.2, -0.15) is 4.31 Å². The van der Waals surface area contributed by atoms with E-state index < -0.39 is 10.0 Å². The largest absolute Gasteiger partial charge is 0.495 e. The number of nitrogens with zero attached hydrogens (tertiary/aromatic N) is 3. The van der Waals surface area contributed by atoms with Crippen LogP contribution in [0.25, 0.3) is 11.0 Å². The maximum absolute atomic E-state index is 12.9. The van der Waals surface area contributed by atoms with Crippen LogP contribution in [0.3, 0.4) is 0 Å². The number of rotatable bonds is 10. The summed E-state index contributed by atoms with van der Waals surface area (Å²) in [4.78, 5) is 17.4. The van der Waals surface area contributed by atoms with E-state index in [1.54, 1.807) is 19.9 Å². The minimum absolute atomic E-state index is 0.109. The third-order valence-electron chi connectivity index (χ3n) is 5.06. The minimum Gasteiger partial charge on any atom is -0.495 e. The Morgan fingerprint density at radius 2 is 1.88 bits per heavy atom. The molecule has 0 aliphatic rings. The highest BCUT2D eigenvalue weighted by molar-refractivity contribution is 7.99. The van der Waals surface area contributed by atoms with Gasteiger partial charge in [-0.3, -0.25) is 4.79 Å². The molecular formula is C22H28N4O4S2. The quantitative estimate of drug-likeness (QED) is 0.447. The number of aryl methyl sites for hydroxylation is 1. The molecule has 1 aromatic heterocycles. The number of aromatic nitrogens is 2. The Hall–Kier alpha value is -2.56. The van der Waals surface area contributed by atoms with Gasteiger partial charge in [-0.25, -0.2) is 13.4 Å². The average Bonchev–Trinajstić information content (AvgIpc) is 3.15. The second kappa shape index (κ2) is 10.4. The van der Waals surface area contributed by atoms with Gasteiger partial charge >= 0.3 is 0 Å². The maximum Gasteiger partial charge on any atom is 0.243 e. The first-order valence-corrected chi connectivity index (χ1v) is 12.8. The Morgan fingerprint density at radius 3 is 2.53 bits per heavy atom. The van der Waals surface area contributed by atoms with Crippen LogP contribution in [0.1, 0.15) is 20.8 Å². The zero-order chi connectivity index (χ0) is 23.3. The van der Waals surface area contributed by atoms with Gasteiger partial charge in [-0.15, -0.1) is 0 Å². The zero-order valence-corrected chi connectivity index (χ0v) is 20.3. The fourth-order valence-corrected chi connectivity index (χ4v) is 5.81. The predicted molar refractivity (Wildman–Crippen MR) is 128 cm³/mol. The number of amides is 1. The number of sulfonamides is 1. The number of hydrogen-bond donors (Lipinski definition) is 1. The lowest BCUT2D eigenvalue weighted by molar-refractivity contribution is -0.113. The van der Waals surface area contributed by atoms with Crippen molar-refractivity contribution in [1.29, 1.82) is 0 Å². The van der Waals surface area contributed by atoms with E-state index in [4.69, 9.17) is 4.74 Å². The van der Waals surface area contributed by atoms with Gasteiger partial charge in [0.15, 0.2) is 5.16 Å². The normalized spacial score (nSPS) is 11.8. The molecule has 10 heteroatoms. The number of thioether (sulfide) groups is 1. The lowest BCUT2D eigenvalue weighted by atomic mass is 10.3. The summed E-state index contributed by atoms with van der Waals surface area (Å²) in [5.74, 6) is 0.238. The Labute approximate surface area is 193 Å². The van der Waals surface area contributed by atoms with Crippen molar-refractivity contribution in [2.75, 3.05) is 31.3 Å². The van der Waals surface area contributed by atoms with Gasteiger partial charge in [0.2, 0.25) is 15.9 Å². The van der Waals surface area contributed by atoms with E-state index in [0.717, 1.165) is 22.7 Å². The molecule has 0 spiro atoms. The first-order valence-electron chi connectivity index (χ1n) is 10.4. The number of imidazole rings is 1. The van der Waals surface area contributed by atoms with E-state index in [2.05, 4.69) is 14.9 Å². The molecule has 0 saturated heterocycles. The first kappa shape index (κ1) is 24.1. The van der Waals surface area contributed by atoms with Gasteiger partial charge in [0.25, 0.3) is 0 Å². The van der Waals surface area contributed by atoms with E-state index >= 15 is 0 Å². The lowest BCUT2D eigenvalue weighted by Gasteiger charge is -2.19. The molecular weight excluding hydrogens is 448 g/mol. The van der Waals surface area contributed by atoms with Crippen molar-refractivity contribution in [2.24, 2.45) is 0 Å². The van der Waals surface area contributed by atoms with Crippen LogP contribution in [0.2, 0.25) is 0 Å². The number of carbonyl (C=O) groups excluding carboxylic acids is 1. The lowest BCUT2D eigenvalue weighted by Crippen LogP contribution is -2.30. The molecule has 3 rings (SSSR count). The molecule has 0 saturated carbocycles. The van der Waals surface area contributed by atoms with E-state index in [9.17, 15) is 13.2 Å². The van der Waals surface area contributed by atoms with Gasteiger partial charge in [0, 0.05) is 19.6 Å². The number of ether oxygens (including phenoxy) is 1. The van der Waals surface area contributed by atoms with Crippen LogP contribution < -0.4 is 10.1 Å². The van der Waals surface area contributed by atoms with Gasteiger partial charge in [-0.05, 0) is 37.3 Å². The minimum atomic E-state index is -3.66. The molecule has 172 valence electrons. The van der Waals surface area contributed by atoms with Crippen LogP contribution in [0.4, 0.5) is 5.69 Å². The van der Waals surface area contributed by atoms with Crippen molar-refractivity contribution < 1.29 is 17.9 Å². The van der Waals surface area contributed by atoms with E-state index in [-0.39, 0.29) is 16.6 Å². The smallest absolute Gasteiger partial charge is 0.243 e. The molecule has 1 N–H and O–H groups in total. The van der Waals surface area contributed by atoms with Crippen LogP contribution in [0, 0.1) is 0 Å². The number of hydrogen-bond acceptors (Lipinski definition) is 6. The van der Waals surface area contributed by atoms with Crippen molar-refractivity contribution in [2.45, 2.75) is 37.4 Å². The topological polar surface area (TPSA) is 93.5 Å². The molecule has 3 aromatic rings. The Morgan fingerprint density at radius 1 is 1.16 bits per heavy atom. The first-order chi connectivity index (χ1) is 15.3. The molecule has 32 heavy (non-hydrogen) atoms. The summed E-state index contributed by atoms with van der Waals surface area (Å²) >= 11 is 1.33. The van der Waals surface area contributed by atoms with Gasteiger partial charge in [-0.1, -0.05) is 37.7 Å². The molecule has 8 nitrogen and oxygen atoms in total. The number of anilines is 1. The molecule has 1 heterocycles. The van der Waals surface area contributed by atoms with E-state index in [0.29, 0.717) is 24.5 Å². The molecule has 0 aliphatic carbocycles. The van der Waals surface area contributed by atoms with Crippen LogP contribution in [0.15, 0.2) is 52.5 Å². The number of nitrogens with one attached hydrogen (secondary N) is 1. The number of carbonyl (C=O) groups is 1. The van der Waals surface area contributed by atoms with Crippen molar-refractivity contribution in [3.8, 4) is 5.75 Å². The Kier molecular flexibility index (Phi) is 7.81. The van der Waals surface area contributed by atoms with Crippen LogP contribution in [-0.2, 0) is 21.4 Å². The van der Waals surface area contributed by atoms with Gasteiger partial charge < -0.3 is 14.6 Å². The van der Waals surface area contributed by atoms with Crippen molar-refractivity contribution in [3.63, 3.8) is 0 Å². The second-order valence-corrected chi connectivity index (χ2v) is 9.80. The molecule has 1 amide bonds. The SMILES string of the molecule is CCN(CC)S(=O)(=O)c1ccc(OC)c(NC(=O)CSc2nc3ccccc3n2CC)c1. The van der Waals surface area contributed by atoms with Crippen LogP contribution in [0.5, 0.6) is 5.75 Å². The summed E-state index contributed by atoms with van der Waals surface area (Å²) in [7, 11) is -2.18. The summed E-state index contributed by atoms with van der Waals surface area (Å²) in [6.07, 6.45) is 0. The fourth-order valence-electron chi connectivity index (χ4n) is 3.44. The van der Waals surface area contributed by atoms with Gasteiger partial charge in [0.1, 0.15) is 5.75 Å². The number of fused-ring (bicyclic) bond motifs is 1. The third kappa shape index (κ3) is 4.92. The van der Waals surface area contributed by atoms with Crippen molar-refractivity contribution >= 4 is 44.4 Å². The highest BCUT2D eigenvalue weighted by Gasteiger charge is 2.23. The number of benzene rings is 2. The molecule has 0 atom stereocenters. The summed E-state index contributed by atoms with van der Waals surface area (Å²) in [6.45, 7) is 7.07. The third-order valence-corrected chi connectivity index (χ3v) is 8.08. The highest BCUT2D eigenvalue weighted by Crippen LogP contribution is 2.30. The standard InChI is InChI=1S/C22H28N4O4S2/c1-5-25(6-2)32(28,29)16-12-13-20(30-4)18(14-16)23-21(27)15-31-22-24-17-10-8-9-11-19(17)26(22)7-3/h8-14H,5-7,15H2,1-4H3,(H,23,27). The molecule has 0 radical (unpaired) electrons. The highest BCUT2D eigenvalue weighted by atomic mass is 32.2. The average molecular weight is 477 g/mol. The molecule has 2 aromatic carbocycles. The zero-order valence-electron chi connectivity index (χ0n) is 18.7. The number of para-hydroxylation sites is 2. The van der Waals surface area contributed by atoms with Crippen LogP contribution in [-0.4, -0.2) is 54.1 Å². The second-order valence-electron chi connectivity index (χ2n) is 6.92. The van der Waals surface area contributed by atoms with Crippen molar-refractivity contribution in [3.05, 3.63) is 42.5 Å². The molecule has 0 unspecified atom stereocenters. The summed E-state index contributed by atoms with van der Waals surface area (Å²) in [5.41, 5.74) is 2.22. The Bertz CT molecular complexity index is 1200. The number of methoxy groups -OCH3 is 1. The molecule has 0 bridgehead atoms. The van der Waals surface area contributed by atoms with Crippen LogP contribution >= 0.6 is 11.8 Å². The van der Waals surface area contributed by atoms with Gasteiger partial charge in [0.05, 0.1) is 34.5 Å². The summed E-state index contributed by atoms with van der Waals surface area (Å²) < 4.78 is 34.5. The van der Waals surface area contributed by atoms with E-state index in [1.807, 2.05) is 31.2 Å². The van der Waals surface area contributed by atoms with Crippen molar-refractivity contribution in [1.82, 2.24) is 13.9 Å². The summed E-state index contributed by atoms with van der Waals surface area (Å²) in [5, 5.41) is 3.54. The Balaban J connectivity index is 1.79.